The Hall–Kier alpha value is -2.26. The number of fused-ring (bicyclic) bond motifs is 2. The second-order valence-corrected chi connectivity index (χ2v) is 10.6. The average molecular weight is 407 g/mol. The van der Waals surface area contributed by atoms with Gasteiger partial charge in [-0.05, 0) is 38.3 Å². The Morgan fingerprint density at radius 2 is 1.46 bits per heavy atom. The van der Waals surface area contributed by atoms with Gasteiger partial charge in [0.1, 0.15) is 0 Å². The molecular formula is C19H25N3O5S. The van der Waals surface area contributed by atoms with Crippen LogP contribution in [0.3, 0.4) is 0 Å². The topological polar surface area (TPSA) is 121 Å². The normalized spacial score (nSPS) is 32.6. The van der Waals surface area contributed by atoms with Crippen molar-refractivity contribution in [2.24, 2.45) is 16.2 Å². The predicted molar refractivity (Wildman–Crippen MR) is 101 cm³/mol. The van der Waals surface area contributed by atoms with Gasteiger partial charge in [0.05, 0.1) is 4.90 Å². The molecule has 1 aliphatic heterocycles. The number of sulfonamides is 1. The van der Waals surface area contributed by atoms with E-state index < -0.39 is 44.0 Å². The molecule has 2 aliphatic rings. The second kappa shape index (κ2) is 6.38. The number of amides is 3. The minimum atomic E-state index is -3.94. The van der Waals surface area contributed by atoms with Crippen LogP contribution in [-0.4, -0.2) is 26.1 Å². The summed E-state index contributed by atoms with van der Waals surface area (Å²) in [6.45, 7) is 6.96. The fourth-order valence-electron chi connectivity index (χ4n) is 4.70. The molecule has 0 radical (unpaired) electrons. The van der Waals surface area contributed by atoms with Gasteiger partial charge in [0.15, 0.2) is 0 Å². The maximum atomic E-state index is 12.9. The molecule has 1 aliphatic carbocycles. The lowest BCUT2D eigenvalue weighted by atomic mass is 9.52. The predicted octanol–water partition coefficient (Wildman–Crippen LogP) is 1.16. The van der Waals surface area contributed by atoms with Crippen molar-refractivity contribution < 1.29 is 22.8 Å². The van der Waals surface area contributed by atoms with E-state index in [0.29, 0.717) is 6.42 Å². The van der Waals surface area contributed by atoms with Crippen molar-refractivity contribution >= 4 is 27.7 Å². The standard InChI is InChI=1S/C19H25N3O5S/c1-12-5-7-13(8-6-12)28(26,27)22-21-16(25)19(4)10-17(2)9-18(3,11-19)15(24)20-14(17)23/h5-8,22H,9-11H2,1-4H3,(H,21,25)(H,20,23,24). The van der Waals surface area contributed by atoms with Gasteiger partial charge >= 0.3 is 0 Å². The summed E-state index contributed by atoms with van der Waals surface area (Å²) in [6.07, 6.45) is 0.794. The maximum Gasteiger partial charge on any atom is 0.257 e. The summed E-state index contributed by atoms with van der Waals surface area (Å²) in [5, 5.41) is 2.40. The van der Waals surface area contributed by atoms with Gasteiger partial charge in [0, 0.05) is 16.2 Å². The molecule has 8 nitrogen and oxygen atoms in total. The van der Waals surface area contributed by atoms with E-state index in [1.165, 1.54) is 12.1 Å². The van der Waals surface area contributed by atoms with Crippen molar-refractivity contribution in [1.29, 1.82) is 0 Å². The molecule has 2 unspecified atom stereocenters. The zero-order valence-electron chi connectivity index (χ0n) is 16.4. The number of carbonyl (C=O) groups excluding carboxylic acids is 3. The van der Waals surface area contributed by atoms with Crippen molar-refractivity contribution in [3.8, 4) is 0 Å². The quantitative estimate of drug-likeness (QED) is 0.511. The molecule has 0 spiro atoms. The van der Waals surface area contributed by atoms with Crippen molar-refractivity contribution in [1.82, 2.24) is 15.6 Å². The minimum absolute atomic E-state index is 0.0255. The number of hydrogen-bond acceptors (Lipinski definition) is 5. The van der Waals surface area contributed by atoms with E-state index in [0.717, 1.165) is 5.56 Å². The molecule has 3 N–H and O–H groups in total. The molecule has 152 valence electrons. The van der Waals surface area contributed by atoms with Crippen molar-refractivity contribution in [3.63, 3.8) is 0 Å². The Kier molecular flexibility index (Phi) is 4.67. The average Bonchev–Trinajstić information content (AvgIpc) is 2.58. The first kappa shape index (κ1) is 20.5. The lowest BCUT2D eigenvalue weighted by Crippen LogP contribution is -2.64. The van der Waals surface area contributed by atoms with Gasteiger partial charge in [-0.15, -0.1) is 4.83 Å². The highest BCUT2D eigenvalue weighted by molar-refractivity contribution is 7.89. The van der Waals surface area contributed by atoms with Crippen LogP contribution < -0.4 is 15.6 Å². The third-order valence-electron chi connectivity index (χ3n) is 5.84. The number of aryl methyl sites for hydroxylation is 1. The Morgan fingerprint density at radius 1 is 0.964 bits per heavy atom. The Labute approximate surface area is 164 Å². The number of hydrogen-bond donors (Lipinski definition) is 3. The molecule has 2 fully saturated rings. The third kappa shape index (κ3) is 3.44. The van der Waals surface area contributed by atoms with Crippen LogP contribution in [0.15, 0.2) is 29.2 Å². The molecule has 28 heavy (non-hydrogen) atoms. The van der Waals surface area contributed by atoms with Gasteiger partial charge in [-0.2, -0.15) is 0 Å². The number of rotatable bonds is 4. The first-order valence-electron chi connectivity index (χ1n) is 9.05. The van der Waals surface area contributed by atoms with Crippen LogP contribution in [0.2, 0.25) is 0 Å². The molecule has 2 bridgehead atoms. The molecule has 1 heterocycles. The van der Waals surface area contributed by atoms with E-state index in [4.69, 9.17) is 0 Å². The first-order valence-corrected chi connectivity index (χ1v) is 10.5. The maximum absolute atomic E-state index is 12.9. The fraction of sp³-hybridized carbons (Fsp3) is 0.526. The van der Waals surface area contributed by atoms with Gasteiger partial charge in [-0.25, -0.2) is 8.42 Å². The van der Waals surface area contributed by atoms with Gasteiger partial charge in [0.2, 0.25) is 17.7 Å². The van der Waals surface area contributed by atoms with Crippen molar-refractivity contribution in [3.05, 3.63) is 29.8 Å². The van der Waals surface area contributed by atoms with Gasteiger partial charge in [-0.1, -0.05) is 38.5 Å². The monoisotopic (exact) mass is 407 g/mol. The van der Waals surface area contributed by atoms with Gasteiger partial charge in [-0.3, -0.25) is 25.1 Å². The molecule has 1 aromatic carbocycles. The number of carbonyl (C=O) groups is 3. The van der Waals surface area contributed by atoms with E-state index in [9.17, 15) is 22.8 Å². The van der Waals surface area contributed by atoms with Crippen LogP contribution in [0.1, 0.15) is 45.6 Å². The molecule has 3 rings (SSSR count). The fourth-order valence-corrected chi connectivity index (χ4v) is 5.54. The van der Waals surface area contributed by atoms with E-state index in [1.807, 2.05) is 6.92 Å². The number of hydrazine groups is 1. The highest BCUT2D eigenvalue weighted by atomic mass is 32.2. The SMILES string of the molecule is Cc1ccc(S(=O)(=O)NNC(=O)C2(C)CC3(C)CC(C)(C2)C(=O)NC3=O)cc1. The molecule has 1 saturated heterocycles. The summed E-state index contributed by atoms with van der Waals surface area (Å²) >= 11 is 0. The summed E-state index contributed by atoms with van der Waals surface area (Å²) < 4.78 is 24.8. The minimum Gasteiger partial charge on any atom is -0.296 e. The van der Waals surface area contributed by atoms with Crippen LogP contribution in [0.5, 0.6) is 0 Å². The van der Waals surface area contributed by atoms with E-state index in [-0.39, 0.29) is 17.7 Å². The van der Waals surface area contributed by atoms with Crippen LogP contribution in [-0.2, 0) is 24.4 Å². The molecule has 2 atom stereocenters. The number of piperidine rings is 1. The first-order chi connectivity index (χ1) is 12.8. The smallest absolute Gasteiger partial charge is 0.257 e. The van der Waals surface area contributed by atoms with E-state index >= 15 is 0 Å². The molecule has 1 saturated carbocycles. The molecule has 9 heteroatoms. The van der Waals surface area contributed by atoms with Crippen LogP contribution in [0.4, 0.5) is 0 Å². The zero-order valence-corrected chi connectivity index (χ0v) is 17.2. The summed E-state index contributed by atoms with van der Waals surface area (Å²) in [5.41, 5.74) is 0.368. The van der Waals surface area contributed by atoms with Gasteiger partial charge < -0.3 is 0 Å². The number of benzene rings is 1. The van der Waals surface area contributed by atoms with Crippen LogP contribution in [0.25, 0.3) is 0 Å². The second-order valence-electron chi connectivity index (χ2n) is 8.87. The summed E-state index contributed by atoms with van der Waals surface area (Å²) in [6, 6.07) is 6.21. The Bertz CT molecular complexity index is 928. The van der Waals surface area contributed by atoms with Crippen molar-refractivity contribution in [2.45, 2.75) is 51.9 Å². The summed E-state index contributed by atoms with van der Waals surface area (Å²) in [5.74, 6) is -1.36. The Balaban J connectivity index is 1.79. The Morgan fingerprint density at radius 3 is 1.96 bits per heavy atom. The highest BCUT2D eigenvalue weighted by Gasteiger charge is 2.60. The molecule has 1 aromatic rings. The number of imide groups is 1. The van der Waals surface area contributed by atoms with Crippen molar-refractivity contribution in [2.75, 3.05) is 0 Å². The lowest BCUT2D eigenvalue weighted by molar-refractivity contribution is -0.164. The van der Waals surface area contributed by atoms with Gasteiger partial charge in [0.25, 0.3) is 10.0 Å². The molecular weight excluding hydrogens is 382 g/mol. The lowest BCUT2D eigenvalue weighted by Gasteiger charge is -2.53. The summed E-state index contributed by atoms with van der Waals surface area (Å²) in [4.78, 5) is 39.7. The zero-order chi connectivity index (χ0) is 21.0. The summed E-state index contributed by atoms with van der Waals surface area (Å²) in [7, 11) is -3.94. The van der Waals surface area contributed by atoms with E-state index in [1.54, 1.807) is 32.9 Å². The van der Waals surface area contributed by atoms with Crippen LogP contribution >= 0.6 is 0 Å². The highest BCUT2D eigenvalue weighted by Crippen LogP contribution is 2.56. The molecule has 3 amide bonds. The number of nitrogens with one attached hydrogen (secondary N) is 3. The molecule has 0 aromatic heterocycles. The third-order valence-corrected chi connectivity index (χ3v) is 7.11. The van der Waals surface area contributed by atoms with E-state index in [2.05, 4.69) is 15.6 Å². The largest absolute Gasteiger partial charge is 0.296 e. The van der Waals surface area contributed by atoms with Crippen LogP contribution in [0, 0.1) is 23.2 Å².